The number of nitrogens with zero attached hydrogens (tertiary/aromatic N) is 3. The number of likely N-dealkylation sites (tertiary alicyclic amines) is 1. The lowest BCUT2D eigenvalue weighted by molar-refractivity contribution is -0.136. The Labute approximate surface area is 146 Å². The summed E-state index contributed by atoms with van der Waals surface area (Å²) < 4.78 is 23.3. The summed E-state index contributed by atoms with van der Waals surface area (Å²) in [7, 11) is 0. The molecule has 2 atom stereocenters. The molecule has 25 heavy (non-hydrogen) atoms. The van der Waals surface area contributed by atoms with Gasteiger partial charge in [0.15, 0.2) is 12.4 Å². The fraction of sp³-hybridized carbons (Fsp3) is 0.500. The molecule has 2 aromatic rings. The molecule has 134 valence electrons. The van der Waals surface area contributed by atoms with E-state index < -0.39 is 0 Å². The van der Waals surface area contributed by atoms with Gasteiger partial charge < -0.3 is 9.64 Å². The van der Waals surface area contributed by atoms with Crippen molar-refractivity contribution in [2.45, 2.75) is 26.7 Å². The molecule has 1 aliphatic heterocycles. The first-order valence-corrected chi connectivity index (χ1v) is 8.47. The second-order valence-corrected chi connectivity index (χ2v) is 6.81. The fourth-order valence-corrected chi connectivity index (χ4v) is 3.23. The van der Waals surface area contributed by atoms with E-state index in [1.807, 2.05) is 4.90 Å². The number of rotatable bonds is 5. The van der Waals surface area contributed by atoms with Crippen LogP contribution in [0.3, 0.4) is 0 Å². The van der Waals surface area contributed by atoms with Crippen molar-refractivity contribution in [3.8, 4) is 6.08 Å². The van der Waals surface area contributed by atoms with Gasteiger partial charge in [-0.05, 0) is 36.0 Å². The maximum atomic E-state index is 12.9. The van der Waals surface area contributed by atoms with E-state index in [9.17, 15) is 9.18 Å². The monoisotopic (exact) mass is 347 g/mol. The Bertz CT molecular complexity index is 707. The molecule has 0 saturated carbocycles. The minimum Gasteiger partial charge on any atom is -0.439 e. The van der Waals surface area contributed by atoms with Gasteiger partial charge in [-0.1, -0.05) is 31.1 Å². The van der Waals surface area contributed by atoms with Crippen molar-refractivity contribution < 1.29 is 18.4 Å². The van der Waals surface area contributed by atoms with Crippen LogP contribution in [0.25, 0.3) is 0 Å². The number of hydrogen-bond acceptors (Lipinski definition) is 5. The van der Waals surface area contributed by atoms with Gasteiger partial charge in [-0.2, -0.15) is 4.98 Å². The molecule has 2 unspecified atom stereocenters. The van der Waals surface area contributed by atoms with E-state index >= 15 is 0 Å². The van der Waals surface area contributed by atoms with Crippen molar-refractivity contribution in [3.05, 3.63) is 41.5 Å². The highest BCUT2D eigenvalue weighted by Crippen LogP contribution is 2.21. The van der Waals surface area contributed by atoms with E-state index in [4.69, 9.17) is 9.26 Å². The highest BCUT2D eigenvalue weighted by molar-refractivity contribution is 5.77. The molecule has 1 fully saturated rings. The summed E-state index contributed by atoms with van der Waals surface area (Å²) >= 11 is 0. The van der Waals surface area contributed by atoms with Gasteiger partial charge in [0.2, 0.25) is 0 Å². The minimum atomic E-state index is -0.291. The van der Waals surface area contributed by atoms with Crippen molar-refractivity contribution in [1.82, 2.24) is 15.0 Å². The molecule has 1 aromatic heterocycles. The van der Waals surface area contributed by atoms with Crippen LogP contribution in [-0.2, 0) is 11.2 Å². The van der Waals surface area contributed by atoms with Crippen LogP contribution < -0.4 is 4.74 Å². The van der Waals surface area contributed by atoms with Crippen LogP contribution in [0, 0.1) is 17.7 Å². The molecule has 0 spiro atoms. The van der Waals surface area contributed by atoms with Crippen molar-refractivity contribution in [1.29, 1.82) is 0 Å². The van der Waals surface area contributed by atoms with E-state index in [2.05, 4.69) is 24.0 Å². The Morgan fingerprint density at radius 2 is 1.96 bits per heavy atom. The van der Waals surface area contributed by atoms with E-state index in [1.54, 1.807) is 12.1 Å². The third-order valence-electron chi connectivity index (χ3n) is 4.27. The summed E-state index contributed by atoms with van der Waals surface area (Å²) in [5.74, 6) is 1.06. The lowest BCUT2D eigenvalue weighted by Gasteiger charge is -2.34. The molecule has 3 rings (SSSR count). The topological polar surface area (TPSA) is 68.5 Å². The van der Waals surface area contributed by atoms with Crippen LogP contribution in [-0.4, -0.2) is 40.6 Å². The molecule has 1 aliphatic rings. The van der Waals surface area contributed by atoms with Gasteiger partial charge in [-0.15, -0.1) is 0 Å². The van der Waals surface area contributed by atoms with Gasteiger partial charge in [-0.3, -0.25) is 9.32 Å². The summed E-state index contributed by atoms with van der Waals surface area (Å²) in [5.41, 5.74) is 0.862. The third-order valence-corrected chi connectivity index (χ3v) is 4.27. The van der Waals surface area contributed by atoms with Gasteiger partial charge in [-0.25, -0.2) is 4.39 Å². The van der Waals surface area contributed by atoms with E-state index in [1.165, 1.54) is 12.1 Å². The quantitative estimate of drug-likeness (QED) is 0.832. The number of hydrogen-bond donors (Lipinski definition) is 0. The Morgan fingerprint density at radius 3 is 2.64 bits per heavy atom. The summed E-state index contributed by atoms with van der Waals surface area (Å²) in [4.78, 5) is 18.2. The SMILES string of the molecule is CC1CC(C)CN(C(=O)COc2nc(Cc3ccc(F)cc3)no2)C1. The zero-order chi connectivity index (χ0) is 17.8. The molecule has 7 heteroatoms. The van der Waals surface area contributed by atoms with Gasteiger partial charge >= 0.3 is 6.08 Å². The van der Waals surface area contributed by atoms with E-state index in [0.29, 0.717) is 24.1 Å². The maximum absolute atomic E-state index is 12.9. The molecule has 0 radical (unpaired) electrons. The number of carbonyl (C=O) groups excluding carboxylic acids is 1. The number of ether oxygens (including phenoxy) is 1. The molecular formula is C18H22FN3O3. The second-order valence-electron chi connectivity index (χ2n) is 6.81. The van der Waals surface area contributed by atoms with Gasteiger partial charge in [0.1, 0.15) is 5.82 Å². The average molecular weight is 347 g/mol. The molecule has 1 aromatic carbocycles. The van der Waals surface area contributed by atoms with Crippen LogP contribution in [0.1, 0.15) is 31.7 Å². The maximum Gasteiger partial charge on any atom is 0.417 e. The van der Waals surface area contributed by atoms with E-state index in [-0.39, 0.29) is 24.4 Å². The Balaban J connectivity index is 1.51. The molecule has 1 amide bonds. The van der Waals surface area contributed by atoms with Crippen LogP contribution >= 0.6 is 0 Å². The van der Waals surface area contributed by atoms with Gasteiger partial charge in [0.25, 0.3) is 5.91 Å². The van der Waals surface area contributed by atoms with E-state index in [0.717, 1.165) is 25.1 Å². The molecular weight excluding hydrogens is 325 g/mol. The zero-order valence-electron chi connectivity index (χ0n) is 14.4. The van der Waals surface area contributed by atoms with Crippen molar-refractivity contribution in [2.24, 2.45) is 11.8 Å². The summed E-state index contributed by atoms with van der Waals surface area (Å²) in [6.07, 6.45) is 1.52. The predicted octanol–water partition coefficient (Wildman–Crippen LogP) is 2.68. The first-order valence-electron chi connectivity index (χ1n) is 8.47. The smallest absolute Gasteiger partial charge is 0.417 e. The summed E-state index contributed by atoms with van der Waals surface area (Å²) in [6.45, 7) is 5.70. The molecule has 1 saturated heterocycles. The zero-order valence-corrected chi connectivity index (χ0v) is 14.4. The lowest BCUT2D eigenvalue weighted by Crippen LogP contribution is -2.44. The normalized spacial score (nSPS) is 20.5. The molecule has 6 nitrogen and oxygen atoms in total. The lowest BCUT2D eigenvalue weighted by atomic mass is 9.92. The van der Waals surface area contributed by atoms with Crippen LogP contribution in [0.4, 0.5) is 4.39 Å². The largest absolute Gasteiger partial charge is 0.439 e. The van der Waals surface area contributed by atoms with Crippen LogP contribution in [0.2, 0.25) is 0 Å². The van der Waals surface area contributed by atoms with Crippen molar-refractivity contribution in [2.75, 3.05) is 19.7 Å². The van der Waals surface area contributed by atoms with Gasteiger partial charge in [0, 0.05) is 19.5 Å². The van der Waals surface area contributed by atoms with Crippen LogP contribution in [0.15, 0.2) is 28.8 Å². The number of piperidine rings is 1. The standard InChI is InChI=1S/C18H22FN3O3/c1-12-7-13(2)10-22(9-12)17(23)11-24-18-20-16(21-25-18)8-14-3-5-15(19)6-4-14/h3-6,12-13H,7-11H2,1-2H3. The number of carbonyl (C=O) groups is 1. The highest BCUT2D eigenvalue weighted by Gasteiger charge is 2.25. The second kappa shape index (κ2) is 7.63. The summed E-state index contributed by atoms with van der Waals surface area (Å²) in [5, 5.41) is 3.82. The number of benzene rings is 1. The van der Waals surface area contributed by atoms with Crippen molar-refractivity contribution >= 4 is 5.91 Å². The van der Waals surface area contributed by atoms with Gasteiger partial charge in [0.05, 0.1) is 0 Å². The Hall–Kier alpha value is -2.44. The average Bonchev–Trinajstić information content (AvgIpc) is 3.01. The molecule has 0 aliphatic carbocycles. The number of halogens is 1. The fourth-order valence-electron chi connectivity index (χ4n) is 3.23. The predicted molar refractivity (Wildman–Crippen MR) is 88.5 cm³/mol. The third kappa shape index (κ3) is 4.78. The Morgan fingerprint density at radius 1 is 1.28 bits per heavy atom. The molecule has 2 heterocycles. The molecule has 0 N–H and O–H groups in total. The Kier molecular flexibility index (Phi) is 5.31. The van der Waals surface area contributed by atoms with Crippen molar-refractivity contribution in [3.63, 3.8) is 0 Å². The first-order chi connectivity index (χ1) is 12.0. The molecule has 0 bridgehead atoms. The number of aromatic nitrogens is 2. The number of amides is 1. The minimum absolute atomic E-state index is 0.0245. The van der Waals surface area contributed by atoms with Crippen LogP contribution in [0.5, 0.6) is 6.08 Å². The first kappa shape index (κ1) is 17.4. The highest BCUT2D eigenvalue weighted by atomic mass is 19.1. The summed E-state index contributed by atoms with van der Waals surface area (Å²) in [6, 6.07) is 6.08.